The highest BCUT2D eigenvalue weighted by molar-refractivity contribution is 7.89. The lowest BCUT2D eigenvalue weighted by Crippen LogP contribution is -2.27. The van der Waals surface area contributed by atoms with Crippen LogP contribution in [0.3, 0.4) is 0 Å². The van der Waals surface area contributed by atoms with Gasteiger partial charge >= 0.3 is 0 Å². The molecule has 0 aliphatic carbocycles. The Labute approximate surface area is 146 Å². The van der Waals surface area contributed by atoms with Gasteiger partial charge in [0.2, 0.25) is 10.0 Å². The summed E-state index contributed by atoms with van der Waals surface area (Å²) in [6.45, 7) is 1.89. The van der Waals surface area contributed by atoms with Crippen LogP contribution in [-0.2, 0) is 10.0 Å². The number of pyridine rings is 1. The molecule has 25 heavy (non-hydrogen) atoms. The van der Waals surface area contributed by atoms with Crippen molar-refractivity contribution in [3.63, 3.8) is 0 Å². The van der Waals surface area contributed by atoms with Gasteiger partial charge in [-0.2, -0.15) is 5.26 Å². The molecule has 1 aromatic heterocycles. The second-order valence-corrected chi connectivity index (χ2v) is 7.08. The van der Waals surface area contributed by atoms with E-state index in [2.05, 4.69) is 15.0 Å². The van der Waals surface area contributed by atoms with E-state index in [9.17, 15) is 13.2 Å². The summed E-state index contributed by atoms with van der Waals surface area (Å²) in [5.74, 6) is -0.308. The van der Waals surface area contributed by atoms with E-state index in [1.807, 2.05) is 19.1 Å². The Morgan fingerprint density at radius 2 is 2.00 bits per heavy atom. The minimum absolute atomic E-state index is 0.0438. The van der Waals surface area contributed by atoms with Gasteiger partial charge in [-0.15, -0.1) is 0 Å². The van der Waals surface area contributed by atoms with E-state index in [0.29, 0.717) is 5.56 Å². The molecule has 8 heteroatoms. The van der Waals surface area contributed by atoms with Gasteiger partial charge in [-0.05, 0) is 42.8 Å². The van der Waals surface area contributed by atoms with Crippen LogP contribution < -0.4 is 10.0 Å². The van der Waals surface area contributed by atoms with Gasteiger partial charge in [0.05, 0.1) is 17.0 Å². The molecule has 1 atom stereocenters. The lowest BCUT2D eigenvalue weighted by atomic mass is 10.1. The highest BCUT2D eigenvalue weighted by Crippen LogP contribution is 2.14. The fourth-order valence-corrected chi connectivity index (χ4v) is 3.14. The van der Waals surface area contributed by atoms with Crippen molar-refractivity contribution in [3.8, 4) is 6.07 Å². The summed E-state index contributed by atoms with van der Waals surface area (Å²) < 4.78 is 26.4. The maximum absolute atomic E-state index is 12.3. The molecule has 2 N–H and O–H groups in total. The molecule has 2 aromatic rings. The Morgan fingerprint density at radius 3 is 2.60 bits per heavy atom. The molecule has 0 radical (unpaired) electrons. The normalized spacial score (nSPS) is 12.2. The van der Waals surface area contributed by atoms with Crippen LogP contribution in [0.2, 0.25) is 0 Å². The zero-order valence-corrected chi connectivity index (χ0v) is 14.5. The number of sulfonamides is 1. The van der Waals surface area contributed by atoms with Crippen molar-refractivity contribution in [1.29, 1.82) is 5.26 Å². The first-order valence-electron chi connectivity index (χ1n) is 7.61. The number of nitrogens with one attached hydrogen (secondary N) is 2. The first kappa shape index (κ1) is 18.6. The van der Waals surface area contributed by atoms with Crippen molar-refractivity contribution in [2.24, 2.45) is 0 Å². The Morgan fingerprint density at radius 1 is 1.28 bits per heavy atom. The molecule has 1 amide bonds. The van der Waals surface area contributed by atoms with Gasteiger partial charge in [0, 0.05) is 30.9 Å². The van der Waals surface area contributed by atoms with Gasteiger partial charge in [-0.3, -0.25) is 9.78 Å². The number of hydrogen-bond donors (Lipinski definition) is 2. The predicted octanol–water partition coefficient (Wildman–Crippen LogP) is 1.76. The molecular formula is C17H18N4O3S. The van der Waals surface area contributed by atoms with E-state index in [4.69, 9.17) is 5.26 Å². The van der Waals surface area contributed by atoms with Gasteiger partial charge in [-0.1, -0.05) is 6.07 Å². The number of aromatic nitrogens is 1. The van der Waals surface area contributed by atoms with Crippen LogP contribution in [0.4, 0.5) is 0 Å². The zero-order chi connectivity index (χ0) is 18.3. The standard InChI is InChI=1S/C17H18N4O3S/c1-13(15-4-2-10-19-12-15)21-17(22)14-5-7-16(8-6-14)25(23,24)20-11-3-9-18/h2,4-8,10,12-13,20H,3,11H2,1H3,(H,21,22). The molecule has 1 unspecified atom stereocenters. The fourth-order valence-electron chi connectivity index (χ4n) is 2.11. The molecular weight excluding hydrogens is 340 g/mol. The van der Waals surface area contributed by atoms with Crippen molar-refractivity contribution in [1.82, 2.24) is 15.0 Å². The van der Waals surface area contributed by atoms with Crippen molar-refractivity contribution >= 4 is 15.9 Å². The van der Waals surface area contributed by atoms with E-state index in [1.165, 1.54) is 24.3 Å². The van der Waals surface area contributed by atoms with E-state index < -0.39 is 10.0 Å². The van der Waals surface area contributed by atoms with Crippen LogP contribution in [0.5, 0.6) is 0 Å². The second kappa shape index (κ2) is 8.37. The van der Waals surface area contributed by atoms with Crippen molar-refractivity contribution < 1.29 is 13.2 Å². The number of carbonyl (C=O) groups is 1. The average molecular weight is 358 g/mol. The van der Waals surface area contributed by atoms with E-state index in [0.717, 1.165) is 5.56 Å². The number of amides is 1. The Hall–Kier alpha value is -2.76. The molecule has 0 saturated heterocycles. The summed E-state index contributed by atoms with van der Waals surface area (Å²) in [7, 11) is -3.68. The molecule has 0 saturated carbocycles. The molecule has 7 nitrogen and oxygen atoms in total. The summed E-state index contributed by atoms with van der Waals surface area (Å²) in [6, 6.07) is 10.9. The average Bonchev–Trinajstić information content (AvgIpc) is 2.62. The molecule has 2 rings (SSSR count). The van der Waals surface area contributed by atoms with Crippen molar-refractivity contribution in [2.75, 3.05) is 6.54 Å². The molecule has 0 spiro atoms. The Kier molecular flexibility index (Phi) is 6.22. The number of rotatable bonds is 7. The summed E-state index contributed by atoms with van der Waals surface area (Å²) in [5.41, 5.74) is 1.23. The SMILES string of the molecule is CC(NC(=O)c1ccc(S(=O)(=O)NCCC#N)cc1)c1cccnc1. The maximum Gasteiger partial charge on any atom is 0.251 e. The van der Waals surface area contributed by atoms with Gasteiger partial charge in [0.15, 0.2) is 0 Å². The molecule has 0 aliphatic heterocycles. The molecule has 1 heterocycles. The quantitative estimate of drug-likeness (QED) is 0.733. The lowest BCUT2D eigenvalue weighted by Gasteiger charge is -2.14. The summed E-state index contributed by atoms with van der Waals surface area (Å²) >= 11 is 0. The molecule has 130 valence electrons. The minimum Gasteiger partial charge on any atom is -0.345 e. The van der Waals surface area contributed by atoms with Gasteiger partial charge in [-0.25, -0.2) is 13.1 Å². The topological polar surface area (TPSA) is 112 Å². The van der Waals surface area contributed by atoms with Crippen LogP contribution in [0.15, 0.2) is 53.7 Å². The summed E-state index contributed by atoms with van der Waals surface area (Å²) in [4.78, 5) is 16.3. The third-order valence-electron chi connectivity index (χ3n) is 3.49. The Bertz CT molecular complexity index is 859. The smallest absolute Gasteiger partial charge is 0.251 e. The minimum atomic E-state index is -3.68. The highest BCUT2D eigenvalue weighted by atomic mass is 32.2. The van der Waals surface area contributed by atoms with Gasteiger partial charge < -0.3 is 5.32 Å². The van der Waals surface area contributed by atoms with E-state index >= 15 is 0 Å². The number of benzene rings is 1. The first-order chi connectivity index (χ1) is 11.9. The highest BCUT2D eigenvalue weighted by Gasteiger charge is 2.15. The van der Waals surface area contributed by atoms with Crippen LogP contribution in [0.25, 0.3) is 0 Å². The fraction of sp³-hybridized carbons (Fsp3) is 0.235. The predicted molar refractivity (Wildman–Crippen MR) is 92.0 cm³/mol. The lowest BCUT2D eigenvalue weighted by molar-refractivity contribution is 0.0939. The summed E-state index contributed by atoms with van der Waals surface area (Å²) in [5, 5.41) is 11.3. The summed E-state index contributed by atoms with van der Waals surface area (Å²) in [6.07, 6.45) is 3.42. The molecule has 0 bridgehead atoms. The number of hydrogen-bond acceptors (Lipinski definition) is 5. The van der Waals surface area contributed by atoms with Crippen molar-refractivity contribution in [3.05, 3.63) is 59.9 Å². The number of nitrogens with zero attached hydrogens (tertiary/aromatic N) is 2. The number of nitriles is 1. The molecule has 1 aromatic carbocycles. The van der Waals surface area contributed by atoms with Crippen LogP contribution >= 0.6 is 0 Å². The molecule has 0 aliphatic rings. The monoisotopic (exact) mass is 358 g/mol. The third kappa shape index (κ3) is 5.11. The third-order valence-corrected chi connectivity index (χ3v) is 4.96. The van der Waals surface area contributed by atoms with E-state index in [1.54, 1.807) is 18.5 Å². The second-order valence-electron chi connectivity index (χ2n) is 5.31. The van der Waals surface area contributed by atoms with Gasteiger partial charge in [0.25, 0.3) is 5.91 Å². The number of carbonyl (C=O) groups excluding carboxylic acids is 1. The van der Waals surface area contributed by atoms with Crippen LogP contribution in [-0.4, -0.2) is 25.9 Å². The van der Waals surface area contributed by atoms with Crippen LogP contribution in [0.1, 0.15) is 35.3 Å². The Balaban J connectivity index is 2.04. The van der Waals surface area contributed by atoms with Crippen LogP contribution in [0, 0.1) is 11.3 Å². The maximum atomic E-state index is 12.3. The molecule has 0 fully saturated rings. The first-order valence-corrected chi connectivity index (χ1v) is 9.10. The largest absolute Gasteiger partial charge is 0.345 e. The van der Waals surface area contributed by atoms with E-state index in [-0.39, 0.29) is 29.8 Å². The zero-order valence-electron chi connectivity index (χ0n) is 13.6. The van der Waals surface area contributed by atoms with Crippen molar-refractivity contribution in [2.45, 2.75) is 24.3 Å². The van der Waals surface area contributed by atoms with Gasteiger partial charge in [0.1, 0.15) is 0 Å².